The van der Waals surface area contributed by atoms with Gasteiger partial charge in [-0.05, 0) is 24.5 Å². The molecule has 0 aliphatic heterocycles. The molecule has 1 aromatic heterocycles. The summed E-state index contributed by atoms with van der Waals surface area (Å²) < 4.78 is 2.06. The summed E-state index contributed by atoms with van der Waals surface area (Å²) in [5, 5.41) is 6.57. The van der Waals surface area contributed by atoms with E-state index < -0.39 is 0 Å². The highest BCUT2D eigenvalue weighted by Crippen LogP contribution is 2.07. The summed E-state index contributed by atoms with van der Waals surface area (Å²) in [6.07, 6.45) is 6.70. The fourth-order valence-electron chi connectivity index (χ4n) is 2.10. The van der Waals surface area contributed by atoms with Crippen molar-refractivity contribution in [1.29, 1.82) is 0 Å². The molecule has 0 radical (unpaired) electrons. The molecule has 22 heavy (non-hydrogen) atoms. The summed E-state index contributed by atoms with van der Waals surface area (Å²) in [6, 6.07) is 8.58. The fraction of sp³-hybridized carbons (Fsp3) is 0.412. The Kier molecular flexibility index (Phi) is 6.48. The van der Waals surface area contributed by atoms with E-state index in [1.807, 2.05) is 12.5 Å². The number of aliphatic imine (C=N–C) groups is 1. The maximum absolute atomic E-state index is 4.61. The van der Waals surface area contributed by atoms with Crippen molar-refractivity contribution in [2.75, 3.05) is 13.1 Å². The van der Waals surface area contributed by atoms with E-state index in [4.69, 9.17) is 0 Å². The third-order valence-electron chi connectivity index (χ3n) is 3.25. The number of nitrogens with one attached hydrogen (secondary N) is 2. The van der Waals surface area contributed by atoms with Crippen molar-refractivity contribution in [1.82, 2.24) is 20.2 Å². The smallest absolute Gasteiger partial charge is 0.191 e. The van der Waals surface area contributed by atoms with Crippen LogP contribution in [-0.4, -0.2) is 28.6 Å². The van der Waals surface area contributed by atoms with Gasteiger partial charge in [0.2, 0.25) is 0 Å². The minimum atomic E-state index is 0.685. The van der Waals surface area contributed by atoms with Gasteiger partial charge < -0.3 is 15.2 Å². The number of benzene rings is 1. The molecule has 2 rings (SSSR count). The normalized spacial score (nSPS) is 11.5. The lowest BCUT2D eigenvalue weighted by Gasteiger charge is -2.10. The van der Waals surface area contributed by atoms with Gasteiger partial charge in [-0.15, -0.1) is 0 Å². The summed E-state index contributed by atoms with van der Waals surface area (Å²) in [6.45, 7) is 7.58. The maximum atomic E-state index is 4.61. The molecule has 0 fully saturated rings. The van der Waals surface area contributed by atoms with Crippen LogP contribution in [-0.2, 0) is 13.1 Å². The van der Waals surface area contributed by atoms with Crippen molar-refractivity contribution in [2.24, 2.45) is 4.99 Å². The molecule has 0 amide bonds. The number of rotatable bonds is 7. The summed E-state index contributed by atoms with van der Waals surface area (Å²) in [7, 11) is 0. The highest BCUT2D eigenvalue weighted by molar-refractivity contribution is 5.79. The van der Waals surface area contributed by atoms with Crippen LogP contribution in [0.4, 0.5) is 0 Å². The van der Waals surface area contributed by atoms with Gasteiger partial charge in [-0.2, -0.15) is 0 Å². The van der Waals surface area contributed by atoms with E-state index in [0.29, 0.717) is 6.54 Å². The largest absolute Gasteiger partial charge is 0.357 e. The molecule has 0 saturated heterocycles. The Hall–Kier alpha value is -2.30. The highest BCUT2D eigenvalue weighted by Gasteiger charge is 1.98. The molecule has 5 nitrogen and oxygen atoms in total. The van der Waals surface area contributed by atoms with Gasteiger partial charge in [0.1, 0.15) is 0 Å². The molecule has 0 spiro atoms. The van der Waals surface area contributed by atoms with Crippen LogP contribution in [0.2, 0.25) is 0 Å². The zero-order valence-corrected chi connectivity index (χ0v) is 13.4. The Morgan fingerprint density at radius 3 is 2.55 bits per heavy atom. The molecule has 1 heterocycles. The predicted octanol–water partition coefficient (Wildman–Crippen LogP) is 2.40. The van der Waals surface area contributed by atoms with Crippen LogP contribution in [0.15, 0.2) is 48.0 Å². The number of hydrogen-bond acceptors (Lipinski definition) is 2. The number of imidazole rings is 1. The molecule has 2 aromatic rings. The first-order valence-electron chi connectivity index (χ1n) is 7.87. The summed E-state index contributed by atoms with van der Waals surface area (Å²) in [5.41, 5.74) is 2.48. The van der Waals surface area contributed by atoms with E-state index in [2.05, 4.69) is 63.3 Å². The highest BCUT2D eigenvalue weighted by atomic mass is 15.2. The van der Waals surface area contributed by atoms with Crippen molar-refractivity contribution in [3.63, 3.8) is 0 Å². The van der Waals surface area contributed by atoms with Crippen LogP contribution >= 0.6 is 0 Å². The number of aromatic nitrogens is 2. The topological polar surface area (TPSA) is 54.2 Å². The van der Waals surface area contributed by atoms with E-state index in [-0.39, 0.29) is 0 Å². The van der Waals surface area contributed by atoms with Gasteiger partial charge in [0.15, 0.2) is 5.96 Å². The van der Waals surface area contributed by atoms with E-state index in [9.17, 15) is 0 Å². The van der Waals surface area contributed by atoms with Crippen LogP contribution < -0.4 is 10.6 Å². The van der Waals surface area contributed by atoms with Crippen LogP contribution in [0, 0.1) is 0 Å². The van der Waals surface area contributed by atoms with Gasteiger partial charge in [0.05, 0.1) is 12.9 Å². The average Bonchev–Trinajstić information content (AvgIpc) is 3.04. The molecule has 0 aliphatic rings. The average molecular weight is 299 g/mol. The Balaban J connectivity index is 1.91. The number of guanidine groups is 1. The van der Waals surface area contributed by atoms with E-state index >= 15 is 0 Å². The monoisotopic (exact) mass is 299 g/mol. The first-order valence-corrected chi connectivity index (χ1v) is 7.87. The number of nitrogens with zero attached hydrogens (tertiary/aromatic N) is 3. The molecule has 0 unspecified atom stereocenters. The van der Waals surface area contributed by atoms with Crippen LogP contribution in [0.1, 0.15) is 31.4 Å². The molecule has 0 atom stereocenters. The predicted molar refractivity (Wildman–Crippen MR) is 90.9 cm³/mol. The molecule has 5 heteroatoms. The lowest BCUT2D eigenvalue weighted by molar-refractivity contribution is 0.784. The van der Waals surface area contributed by atoms with Gasteiger partial charge >= 0.3 is 0 Å². The van der Waals surface area contributed by atoms with Gasteiger partial charge in [-0.25, -0.2) is 9.98 Å². The third-order valence-corrected chi connectivity index (χ3v) is 3.25. The maximum Gasteiger partial charge on any atom is 0.191 e. The third kappa shape index (κ3) is 5.24. The zero-order chi connectivity index (χ0) is 15.6. The van der Waals surface area contributed by atoms with Crippen molar-refractivity contribution in [3.8, 4) is 0 Å². The Morgan fingerprint density at radius 1 is 1.14 bits per heavy atom. The molecule has 2 N–H and O–H groups in total. The van der Waals surface area contributed by atoms with E-state index in [1.54, 1.807) is 6.20 Å². The minimum absolute atomic E-state index is 0.685. The fourth-order valence-corrected chi connectivity index (χ4v) is 2.10. The first kappa shape index (κ1) is 16.1. The second-order valence-electron chi connectivity index (χ2n) is 5.17. The standard InChI is InChI=1S/C17H25N5/c1-3-9-20-17(19-4-2)21-12-15-5-7-16(8-6-15)13-22-11-10-18-14-22/h5-8,10-11,14H,3-4,9,12-13H2,1-2H3,(H2,19,20,21). The van der Waals surface area contributed by atoms with Crippen LogP contribution in [0.3, 0.4) is 0 Å². The lowest BCUT2D eigenvalue weighted by Crippen LogP contribution is -2.37. The molecule has 1 aromatic carbocycles. The van der Waals surface area contributed by atoms with Crippen molar-refractivity contribution in [3.05, 3.63) is 54.1 Å². The quantitative estimate of drug-likeness (QED) is 0.610. The van der Waals surface area contributed by atoms with E-state index in [0.717, 1.165) is 32.0 Å². The molecule has 0 bridgehead atoms. The lowest BCUT2D eigenvalue weighted by atomic mass is 10.1. The first-order chi connectivity index (χ1) is 10.8. The molecular formula is C17H25N5. The van der Waals surface area contributed by atoms with E-state index in [1.165, 1.54) is 11.1 Å². The van der Waals surface area contributed by atoms with Crippen molar-refractivity contribution in [2.45, 2.75) is 33.4 Å². The summed E-state index contributed by atoms with van der Waals surface area (Å²) in [5.74, 6) is 0.881. The second kappa shape index (κ2) is 8.87. The molecular weight excluding hydrogens is 274 g/mol. The van der Waals surface area contributed by atoms with Crippen molar-refractivity contribution < 1.29 is 0 Å². The Bertz CT molecular complexity index is 557. The number of hydrogen-bond donors (Lipinski definition) is 2. The van der Waals surface area contributed by atoms with Gasteiger partial charge in [-0.1, -0.05) is 31.2 Å². The Labute approximate surface area is 132 Å². The minimum Gasteiger partial charge on any atom is -0.357 e. The zero-order valence-electron chi connectivity index (χ0n) is 13.4. The SMILES string of the molecule is CCCNC(=NCc1ccc(Cn2ccnc2)cc1)NCC. The second-order valence-corrected chi connectivity index (χ2v) is 5.17. The molecule has 0 aliphatic carbocycles. The summed E-state index contributed by atoms with van der Waals surface area (Å²) in [4.78, 5) is 8.66. The van der Waals surface area contributed by atoms with Gasteiger partial charge in [0, 0.05) is 32.0 Å². The van der Waals surface area contributed by atoms with Crippen LogP contribution in [0.25, 0.3) is 0 Å². The van der Waals surface area contributed by atoms with Crippen LogP contribution in [0.5, 0.6) is 0 Å². The molecule has 118 valence electrons. The van der Waals surface area contributed by atoms with Crippen molar-refractivity contribution >= 4 is 5.96 Å². The summed E-state index contributed by atoms with van der Waals surface area (Å²) >= 11 is 0. The molecule has 0 saturated carbocycles. The Morgan fingerprint density at radius 2 is 1.91 bits per heavy atom. The van der Waals surface area contributed by atoms with Gasteiger partial charge in [-0.3, -0.25) is 0 Å². The van der Waals surface area contributed by atoms with Gasteiger partial charge in [0.25, 0.3) is 0 Å².